The fourth-order valence-electron chi connectivity index (χ4n) is 1.23. The summed E-state index contributed by atoms with van der Waals surface area (Å²) in [5.41, 5.74) is 4.86. The molecule has 4 nitrogen and oxygen atoms in total. The number of carboxylic acids is 1. The van der Waals surface area contributed by atoms with Gasteiger partial charge >= 0.3 is 5.97 Å². The van der Waals surface area contributed by atoms with Crippen LogP contribution in [0, 0.1) is 5.82 Å². The number of aromatic carboxylic acids is 1. The number of halogens is 1. The molecule has 7 heteroatoms. The summed E-state index contributed by atoms with van der Waals surface area (Å²) in [4.78, 5) is 15.4. The van der Waals surface area contributed by atoms with Crippen LogP contribution in [0.15, 0.2) is 32.9 Å². The van der Waals surface area contributed by atoms with E-state index in [4.69, 9.17) is 10.8 Å². The Labute approximate surface area is 104 Å². The van der Waals surface area contributed by atoms with Crippen LogP contribution in [-0.4, -0.2) is 16.1 Å². The summed E-state index contributed by atoms with van der Waals surface area (Å²) < 4.78 is 13.9. The molecule has 17 heavy (non-hydrogen) atoms. The summed E-state index contributed by atoms with van der Waals surface area (Å²) in [6, 6.07) is 2.54. The number of thiazole rings is 1. The van der Waals surface area contributed by atoms with Gasteiger partial charge in [-0.25, -0.2) is 14.2 Å². The molecule has 0 spiro atoms. The predicted octanol–water partition coefficient (Wildman–Crippen LogP) is 2.71. The van der Waals surface area contributed by atoms with Crippen molar-refractivity contribution in [3.05, 3.63) is 35.1 Å². The van der Waals surface area contributed by atoms with Gasteiger partial charge in [0.15, 0.2) is 4.34 Å². The number of benzene rings is 1. The molecule has 0 amide bonds. The number of hydrogen-bond donors (Lipinski definition) is 2. The average molecular weight is 270 g/mol. The van der Waals surface area contributed by atoms with E-state index in [2.05, 4.69) is 4.98 Å². The molecule has 0 unspecified atom stereocenters. The van der Waals surface area contributed by atoms with Gasteiger partial charge in [-0.05, 0) is 12.1 Å². The molecule has 1 heterocycles. The Balaban J connectivity index is 2.47. The molecule has 0 fully saturated rings. The van der Waals surface area contributed by atoms with E-state index < -0.39 is 11.8 Å². The van der Waals surface area contributed by atoms with E-state index in [1.807, 2.05) is 0 Å². The van der Waals surface area contributed by atoms with Gasteiger partial charge in [0, 0.05) is 16.5 Å². The van der Waals surface area contributed by atoms with E-state index in [-0.39, 0.29) is 11.3 Å². The van der Waals surface area contributed by atoms with Crippen LogP contribution in [0.25, 0.3) is 0 Å². The van der Waals surface area contributed by atoms with Crippen LogP contribution >= 0.6 is 23.1 Å². The smallest absolute Gasteiger partial charge is 0.339 e. The third kappa shape index (κ3) is 2.40. The monoisotopic (exact) mass is 270 g/mol. The van der Waals surface area contributed by atoms with Crippen LogP contribution < -0.4 is 5.73 Å². The number of rotatable bonds is 3. The summed E-state index contributed by atoms with van der Waals surface area (Å²) in [5, 5.41) is 10.8. The van der Waals surface area contributed by atoms with E-state index >= 15 is 0 Å². The van der Waals surface area contributed by atoms with Gasteiger partial charge < -0.3 is 10.8 Å². The molecule has 0 radical (unpaired) electrons. The lowest BCUT2D eigenvalue weighted by Crippen LogP contribution is -2.06. The summed E-state index contributed by atoms with van der Waals surface area (Å²) in [6.45, 7) is 0. The lowest BCUT2D eigenvalue weighted by atomic mass is 10.2. The fourth-order valence-corrected chi connectivity index (χ4v) is 2.96. The minimum Gasteiger partial charge on any atom is -0.478 e. The van der Waals surface area contributed by atoms with Crippen molar-refractivity contribution >= 4 is 34.8 Å². The molecule has 0 atom stereocenters. The lowest BCUT2D eigenvalue weighted by molar-refractivity contribution is 0.0694. The molecule has 0 aliphatic heterocycles. The molecular formula is C10H7FN2O2S2. The third-order valence-corrected chi connectivity index (χ3v) is 3.92. The highest BCUT2D eigenvalue weighted by Gasteiger charge is 2.18. The highest BCUT2D eigenvalue weighted by molar-refractivity contribution is 8.01. The van der Waals surface area contributed by atoms with E-state index in [0.717, 1.165) is 17.8 Å². The zero-order chi connectivity index (χ0) is 12.4. The van der Waals surface area contributed by atoms with Crippen molar-refractivity contribution in [1.29, 1.82) is 0 Å². The van der Waals surface area contributed by atoms with Gasteiger partial charge in [-0.2, -0.15) is 0 Å². The Morgan fingerprint density at radius 1 is 1.53 bits per heavy atom. The van der Waals surface area contributed by atoms with Gasteiger partial charge in [0.2, 0.25) is 0 Å². The minimum atomic E-state index is -1.25. The lowest BCUT2D eigenvalue weighted by Gasteiger charge is -2.07. The quantitative estimate of drug-likeness (QED) is 0.839. The van der Waals surface area contributed by atoms with Crippen molar-refractivity contribution < 1.29 is 14.3 Å². The van der Waals surface area contributed by atoms with Crippen molar-refractivity contribution in [3.63, 3.8) is 0 Å². The maximum Gasteiger partial charge on any atom is 0.339 e. The summed E-state index contributed by atoms with van der Waals surface area (Å²) >= 11 is 2.52. The summed E-state index contributed by atoms with van der Waals surface area (Å²) in [5.74, 6) is -1.98. The Kier molecular flexibility index (Phi) is 3.30. The highest BCUT2D eigenvalue weighted by atomic mass is 32.2. The van der Waals surface area contributed by atoms with Crippen LogP contribution in [0.3, 0.4) is 0 Å². The topological polar surface area (TPSA) is 76.2 Å². The number of carbonyl (C=O) groups is 1. The van der Waals surface area contributed by atoms with E-state index in [9.17, 15) is 9.18 Å². The molecule has 1 aromatic heterocycles. The molecule has 1 aromatic carbocycles. The molecule has 2 aromatic rings. The average Bonchev–Trinajstić information content (AvgIpc) is 2.76. The molecule has 2 rings (SSSR count). The first-order valence-electron chi connectivity index (χ1n) is 4.48. The first-order chi connectivity index (χ1) is 8.09. The maximum absolute atomic E-state index is 13.2. The Bertz CT molecular complexity index is 558. The Morgan fingerprint density at radius 2 is 2.29 bits per heavy atom. The zero-order valence-electron chi connectivity index (χ0n) is 8.38. The molecule has 0 saturated carbocycles. The first kappa shape index (κ1) is 11.9. The standard InChI is InChI=1S/C10H7FN2O2S2/c11-5-1-2-6(7(8(5)12)9(14)15)17-10-13-3-4-16-10/h1-4H,12H2,(H,14,15). The molecule has 0 saturated heterocycles. The van der Waals surface area contributed by atoms with Gasteiger partial charge in [0.25, 0.3) is 0 Å². The normalized spacial score (nSPS) is 10.4. The number of anilines is 1. The zero-order valence-corrected chi connectivity index (χ0v) is 10.0. The first-order valence-corrected chi connectivity index (χ1v) is 6.18. The summed E-state index contributed by atoms with van der Waals surface area (Å²) in [7, 11) is 0. The molecular weight excluding hydrogens is 263 g/mol. The Morgan fingerprint density at radius 3 is 2.88 bits per heavy atom. The maximum atomic E-state index is 13.2. The predicted molar refractivity (Wildman–Crippen MR) is 64.0 cm³/mol. The summed E-state index contributed by atoms with van der Waals surface area (Å²) in [6.07, 6.45) is 1.61. The number of hydrogen-bond acceptors (Lipinski definition) is 5. The second-order valence-corrected chi connectivity index (χ2v) is 5.22. The molecule has 0 aliphatic carbocycles. The fraction of sp³-hybridized carbons (Fsp3) is 0. The van der Waals surface area contributed by atoms with Gasteiger partial charge in [-0.15, -0.1) is 11.3 Å². The van der Waals surface area contributed by atoms with Gasteiger partial charge in [0.1, 0.15) is 5.82 Å². The van der Waals surface area contributed by atoms with Crippen molar-refractivity contribution in [2.24, 2.45) is 0 Å². The number of nitrogens with zero attached hydrogens (tertiary/aromatic N) is 1. The van der Waals surface area contributed by atoms with Crippen LogP contribution in [-0.2, 0) is 0 Å². The second kappa shape index (κ2) is 4.72. The molecule has 0 aliphatic rings. The van der Waals surface area contributed by atoms with Crippen LogP contribution in [0.2, 0.25) is 0 Å². The van der Waals surface area contributed by atoms with Gasteiger partial charge in [-0.1, -0.05) is 11.8 Å². The van der Waals surface area contributed by atoms with E-state index in [1.54, 1.807) is 11.6 Å². The van der Waals surface area contributed by atoms with E-state index in [1.165, 1.54) is 17.4 Å². The van der Waals surface area contributed by atoms with Crippen LogP contribution in [0.4, 0.5) is 10.1 Å². The number of nitrogen functional groups attached to an aromatic ring is 1. The third-order valence-electron chi connectivity index (χ3n) is 1.97. The second-order valence-electron chi connectivity index (χ2n) is 3.04. The Hall–Kier alpha value is -1.60. The van der Waals surface area contributed by atoms with Crippen LogP contribution in [0.1, 0.15) is 10.4 Å². The number of aromatic nitrogens is 1. The van der Waals surface area contributed by atoms with Crippen molar-refractivity contribution in [1.82, 2.24) is 4.98 Å². The highest BCUT2D eigenvalue weighted by Crippen LogP contribution is 2.34. The van der Waals surface area contributed by atoms with Crippen molar-refractivity contribution in [2.45, 2.75) is 9.24 Å². The largest absolute Gasteiger partial charge is 0.478 e. The number of nitrogens with two attached hydrogens (primary N) is 1. The molecule has 88 valence electrons. The molecule has 0 bridgehead atoms. The van der Waals surface area contributed by atoms with Gasteiger partial charge in [0.05, 0.1) is 11.3 Å². The number of carboxylic acid groups (broad SMARTS) is 1. The van der Waals surface area contributed by atoms with Crippen LogP contribution in [0.5, 0.6) is 0 Å². The van der Waals surface area contributed by atoms with Gasteiger partial charge in [-0.3, -0.25) is 0 Å². The SMILES string of the molecule is Nc1c(F)ccc(Sc2nccs2)c1C(=O)O. The van der Waals surface area contributed by atoms with Crippen molar-refractivity contribution in [3.8, 4) is 0 Å². The minimum absolute atomic E-state index is 0.217. The molecule has 3 N–H and O–H groups in total. The van der Waals surface area contributed by atoms with E-state index in [0.29, 0.717) is 9.24 Å². The van der Waals surface area contributed by atoms with Crippen molar-refractivity contribution in [2.75, 3.05) is 5.73 Å².